The zero-order chi connectivity index (χ0) is 21.3. The lowest BCUT2D eigenvalue weighted by molar-refractivity contribution is 0.119. The minimum absolute atomic E-state index is 0.361. The number of nitrogens with one attached hydrogen (secondary N) is 1. The highest BCUT2D eigenvalue weighted by Gasteiger charge is 2.22. The van der Waals surface area contributed by atoms with E-state index < -0.39 is 5.69 Å². The van der Waals surface area contributed by atoms with Crippen LogP contribution in [0.1, 0.15) is 25.2 Å². The third kappa shape index (κ3) is 4.24. The number of fused-ring (bicyclic) bond motifs is 1. The van der Waals surface area contributed by atoms with Crippen molar-refractivity contribution in [1.29, 1.82) is 0 Å². The number of aryl methyl sites for hydroxylation is 1. The van der Waals surface area contributed by atoms with Crippen LogP contribution in [-0.4, -0.2) is 55.1 Å². The zero-order valence-corrected chi connectivity index (χ0v) is 18.0. The average molecular weight is 411 g/mol. The fourth-order valence-electron chi connectivity index (χ4n) is 4.11. The van der Waals surface area contributed by atoms with Crippen LogP contribution in [0.25, 0.3) is 11.2 Å². The van der Waals surface area contributed by atoms with Gasteiger partial charge in [-0.3, -0.25) is 24.1 Å². The molecule has 0 aliphatic carbocycles. The van der Waals surface area contributed by atoms with Crippen LogP contribution in [0.4, 0.5) is 0 Å². The normalized spacial score (nSPS) is 16.0. The van der Waals surface area contributed by atoms with Crippen LogP contribution in [0.2, 0.25) is 0 Å². The monoisotopic (exact) mass is 410 g/mol. The Balaban J connectivity index is 1.53. The van der Waals surface area contributed by atoms with E-state index in [1.54, 1.807) is 7.05 Å². The summed E-state index contributed by atoms with van der Waals surface area (Å²) in [5.41, 5.74) is 1.50. The summed E-state index contributed by atoms with van der Waals surface area (Å²) in [6, 6.07) is 10.6. The van der Waals surface area contributed by atoms with E-state index in [0.29, 0.717) is 30.2 Å². The molecule has 1 aliphatic heterocycles. The Labute approximate surface area is 175 Å². The molecule has 1 fully saturated rings. The highest BCUT2D eigenvalue weighted by atomic mass is 16.2. The molecule has 160 valence electrons. The second kappa shape index (κ2) is 8.57. The molecule has 0 bridgehead atoms. The van der Waals surface area contributed by atoms with Gasteiger partial charge in [0.1, 0.15) is 5.82 Å². The summed E-state index contributed by atoms with van der Waals surface area (Å²) in [7, 11) is 1.65. The molecule has 8 nitrogen and oxygen atoms in total. The minimum atomic E-state index is -0.428. The van der Waals surface area contributed by atoms with Crippen molar-refractivity contribution >= 4 is 11.2 Å². The molecule has 0 amide bonds. The summed E-state index contributed by atoms with van der Waals surface area (Å²) in [5, 5.41) is 0. The average Bonchev–Trinajstić information content (AvgIpc) is 3.06. The van der Waals surface area contributed by atoms with Gasteiger partial charge in [0.15, 0.2) is 11.2 Å². The summed E-state index contributed by atoms with van der Waals surface area (Å²) in [5.74, 6) is 1.21. The molecule has 1 saturated heterocycles. The van der Waals surface area contributed by atoms with E-state index in [2.05, 4.69) is 52.9 Å². The van der Waals surface area contributed by atoms with Crippen molar-refractivity contribution in [2.75, 3.05) is 26.2 Å². The van der Waals surface area contributed by atoms with Crippen molar-refractivity contribution in [3.8, 4) is 0 Å². The van der Waals surface area contributed by atoms with E-state index in [1.807, 2.05) is 10.6 Å². The predicted molar refractivity (Wildman–Crippen MR) is 117 cm³/mol. The Bertz CT molecular complexity index is 1120. The highest BCUT2D eigenvalue weighted by Crippen LogP contribution is 2.17. The number of hydrogen-bond donors (Lipinski definition) is 1. The summed E-state index contributed by atoms with van der Waals surface area (Å²) >= 11 is 0. The van der Waals surface area contributed by atoms with Crippen molar-refractivity contribution in [1.82, 2.24) is 28.9 Å². The molecule has 1 N–H and O–H groups in total. The van der Waals surface area contributed by atoms with Crippen molar-refractivity contribution in [2.24, 2.45) is 13.0 Å². The van der Waals surface area contributed by atoms with E-state index in [-0.39, 0.29) is 5.56 Å². The number of rotatable bonds is 6. The van der Waals surface area contributed by atoms with Crippen LogP contribution in [0, 0.1) is 5.92 Å². The van der Waals surface area contributed by atoms with Crippen LogP contribution in [-0.2, 0) is 26.7 Å². The molecular formula is C22H30N6O2. The maximum absolute atomic E-state index is 12.5. The van der Waals surface area contributed by atoms with E-state index >= 15 is 0 Å². The van der Waals surface area contributed by atoms with Crippen molar-refractivity contribution in [3.63, 3.8) is 0 Å². The zero-order valence-electron chi connectivity index (χ0n) is 18.0. The molecular weight excluding hydrogens is 380 g/mol. The maximum Gasteiger partial charge on any atom is 0.329 e. The second-order valence-electron chi connectivity index (χ2n) is 8.56. The minimum Gasteiger partial charge on any atom is -0.321 e. The number of piperazine rings is 1. The molecule has 0 atom stereocenters. The molecule has 4 rings (SSSR count). The molecule has 8 heteroatoms. The molecule has 0 radical (unpaired) electrons. The van der Waals surface area contributed by atoms with Gasteiger partial charge in [-0.05, 0) is 11.5 Å². The molecule has 3 aromatic rings. The van der Waals surface area contributed by atoms with Crippen LogP contribution >= 0.6 is 0 Å². The largest absolute Gasteiger partial charge is 0.329 e. The topological polar surface area (TPSA) is 79.2 Å². The number of nitrogens with zero attached hydrogens (tertiary/aromatic N) is 5. The first kappa shape index (κ1) is 20.6. The number of benzene rings is 1. The molecule has 30 heavy (non-hydrogen) atoms. The lowest BCUT2D eigenvalue weighted by Gasteiger charge is -2.34. The number of imidazole rings is 1. The first-order chi connectivity index (χ1) is 14.4. The van der Waals surface area contributed by atoms with Crippen LogP contribution in [0.3, 0.4) is 0 Å². The number of aromatic nitrogens is 4. The summed E-state index contributed by atoms with van der Waals surface area (Å²) in [4.78, 5) is 36.5. The Hall–Kier alpha value is -2.71. The quantitative estimate of drug-likeness (QED) is 0.665. The fraction of sp³-hybridized carbons (Fsp3) is 0.500. The lowest BCUT2D eigenvalue weighted by Crippen LogP contribution is -2.45. The first-order valence-electron chi connectivity index (χ1n) is 10.6. The maximum atomic E-state index is 12.5. The predicted octanol–water partition coefficient (Wildman–Crippen LogP) is 1.40. The standard InChI is InChI=1S/C22H30N6O2/c1-16(2)13-28-18(23-20-19(28)21(29)24-22(30)25(20)3)15-27-11-9-26(10-12-27)14-17-7-5-4-6-8-17/h4-8,16H,9-15H2,1-3H3,(H,24,29,30). The van der Waals surface area contributed by atoms with Gasteiger partial charge in [0.05, 0.1) is 6.54 Å². The van der Waals surface area contributed by atoms with Gasteiger partial charge in [0.25, 0.3) is 5.56 Å². The fourth-order valence-corrected chi connectivity index (χ4v) is 4.11. The van der Waals surface area contributed by atoms with Gasteiger partial charge < -0.3 is 4.57 Å². The van der Waals surface area contributed by atoms with Crippen molar-refractivity contribution in [3.05, 3.63) is 62.6 Å². The molecule has 1 aliphatic rings. The molecule has 0 unspecified atom stereocenters. The Morgan fingerprint density at radius 3 is 2.27 bits per heavy atom. The Morgan fingerprint density at radius 1 is 1.00 bits per heavy atom. The number of H-pyrrole nitrogens is 1. The van der Waals surface area contributed by atoms with Crippen LogP contribution < -0.4 is 11.2 Å². The molecule has 3 heterocycles. The van der Waals surface area contributed by atoms with E-state index in [9.17, 15) is 9.59 Å². The van der Waals surface area contributed by atoms with Gasteiger partial charge in [-0.25, -0.2) is 9.78 Å². The van der Waals surface area contributed by atoms with Crippen molar-refractivity contribution in [2.45, 2.75) is 33.5 Å². The van der Waals surface area contributed by atoms with Gasteiger partial charge in [0, 0.05) is 46.3 Å². The van der Waals surface area contributed by atoms with Gasteiger partial charge in [-0.2, -0.15) is 0 Å². The molecule has 1 aromatic carbocycles. The van der Waals surface area contributed by atoms with Crippen LogP contribution in [0.5, 0.6) is 0 Å². The Morgan fingerprint density at radius 2 is 1.63 bits per heavy atom. The van der Waals surface area contributed by atoms with Gasteiger partial charge in [-0.15, -0.1) is 0 Å². The molecule has 0 spiro atoms. The van der Waals surface area contributed by atoms with E-state index in [0.717, 1.165) is 38.5 Å². The van der Waals surface area contributed by atoms with E-state index in [1.165, 1.54) is 10.1 Å². The second-order valence-corrected chi connectivity index (χ2v) is 8.56. The van der Waals surface area contributed by atoms with Crippen LogP contribution in [0.15, 0.2) is 39.9 Å². The third-order valence-corrected chi connectivity index (χ3v) is 5.71. The molecule has 2 aromatic heterocycles. The molecule has 0 saturated carbocycles. The first-order valence-corrected chi connectivity index (χ1v) is 10.6. The number of aromatic amines is 1. The Kier molecular flexibility index (Phi) is 5.87. The van der Waals surface area contributed by atoms with Gasteiger partial charge in [0.2, 0.25) is 0 Å². The lowest BCUT2D eigenvalue weighted by atomic mass is 10.2. The van der Waals surface area contributed by atoms with Crippen molar-refractivity contribution < 1.29 is 0 Å². The third-order valence-electron chi connectivity index (χ3n) is 5.71. The summed E-state index contributed by atoms with van der Waals surface area (Å²) in [6.07, 6.45) is 0. The summed E-state index contributed by atoms with van der Waals surface area (Å²) in [6.45, 7) is 10.5. The van der Waals surface area contributed by atoms with Gasteiger partial charge in [-0.1, -0.05) is 44.2 Å². The van der Waals surface area contributed by atoms with E-state index in [4.69, 9.17) is 4.98 Å². The smallest absolute Gasteiger partial charge is 0.321 e. The highest BCUT2D eigenvalue weighted by molar-refractivity contribution is 5.70. The number of hydrogen-bond acceptors (Lipinski definition) is 5. The summed E-state index contributed by atoms with van der Waals surface area (Å²) < 4.78 is 3.42. The SMILES string of the molecule is CC(C)Cn1c(CN2CCN(Cc3ccccc3)CC2)nc2c1c(=O)[nH]c(=O)n2C. The van der Waals surface area contributed by atoms with Gasteiger partial charge >= 0.3 is 5.69 Å².